The lowest BCUT2D eigenvalue weighted by molar-refractivity contribution is 0.120. The van der Waals surface area contributed by atoms with Gasteiger partial charge in [-0.2, -0.15) is 0 Å². The first-order valence-corrected chi connectivity index (χ1v) is 8.11. The van der Waals surface area contributed by atoms with Crippen LogP contribution in [0.3, 0.4) is 0 Å². The largest absolute Gasteiger partial charge is 0.392 e. The predicted octanol–water partition coefficient (Wildman–Crippen LogP) is 3.88. The minimum Gasteiger partial charge on any atom is -0.392 e. The maximum Gasteiger partial charge on any atom is 0.0693 e. The van der Waals surface area contributed by atoms with E-state index < -0.39 is 0 Å². The van der Waals surface area contributed by atoms with E-state index in [0.29, 0.717) is 6.04 Å². The molecule has 0 radical (unpaired) electrons. The van der Waals surface area contributed by atoms with Gasteiger partial charge < -0.3 is 10.4 Å². The molecule has 0 aromatic carbocycles. The van der Waals surface area contributed by atoms with E-state index in [1.165, 1.54) is 51.4 Å². The van der Waals surface area contributed by atoms with Crippen LogP contribution >= 0.6 is 0 Å². The van der Waals surface area contributed by atoms with Crippen molar-refractivity contribution in [1.82, 2.24) is 5.32 Å². The molecule has 0 aliphatic heterocycles. The van der Waals surface area contributed by atoms with Crippen molar-refractivity contribution in [2.45, 2.75) is 90.2 Å². The summed E-state index contributed by atoms with van der Waals surface area (Å²) in [4.78, 5) is 0. The van der Waals surface area contributed by atoms with Gasteiger partial charge in [0.05, 0.1) is 6.10 Å². The summed E-state index contributed by atoms with van der Waals surface area (Å²) in [5.41, 5.74) is 0. The molecule has 0 bridgehead atoms. The van der Waals surface area contributed by atoms with Crippen LogP contribution in [0.15, 0.2) is 0 Å². The van der Waals surface area contributed by atoms with Gasteiger partial charge in [0.1, 0.15) is 0 Å². The summed E-state index contributed by atoms with van der Waals surface area (Å²) in [6.45, 7) is 5.69. The molecule has 0 heterocycles. The van der Waals surface area contributed by atoms with Crippen LogP contribution in [0.5, 0.6) is 0 Å². The van der Waals surface area contributed by atoms with Gasteiger partial charge in [-0.05, 0) is 31.7 Å². The number of nitrogens with one attached hydrogen (secondary N) is 1. The van der Waals surface area contributed by atoms with Crippen LogP contribution in [-0.2, 0) is 0 Å². The maximum absolute atomic E-state index is 9.99. The zero-order valence-corrected chi connectivity index (χ0v) is 12.5. The summed E-state index contributed by atoms with van der Waals surface area (Å²) in [7, 11) is 0. The van der Waals surface area contributed by atoms with Gasteiger partial charge in [-0.15, -0.1) is 0 Å². The number of hydrogen-bond acceptors (Lipinski definition) is 2. The molecule has 0 aromatic rings. The van der Waals surface area contributed by atoms with Gasteiger partial charge >= 0.3 is 0 Å². The molecule has 2 N–H and O–H groups in total. The van der Waals surface area contributed by atoms with Crippen LogP contribution in [0.4, 0.5) is 0 Å². The van der Waals surface area contributed by atoms with Crippen LogP contribution < -0.4 is 5.32 Å². The first kappa shape index (κ1) is 16.0. The monoisotopic (exact) mass is 255 g/mol. The average Bonchev–Trinajstić information content (AvgIpc) is 2.53. The molecule has 0 spiro atoms. The van der Waals surface area contributed by atoms with Gasteiger partial charge in [-0.25, -0.2) is 0 Å². The third-order valence-corrected chi connectivity index (χ3v) is 4.09. The van der Waals surface area contributed by atoms with Crippen molar-refractivity contribution in [3.8, 4) is 0 Å². The lowest BCUT2D eigenvalue weighted by Crippen LogP contribution is -2.39. The third kappa shape index (κ3) is 7.38. The van der Waals surface area contributed by atoms with Crippen molar-refractivity contribution in [1.29, 1.82) is 0 Å². The van der Waals surface area contributed by atoms with E-state index in [0.717, 1.165) is 25.3 Å². The van der Waals surface area contributed by atoms with E-state index in [4.69, 9.17) is 0 Å². The van der Waals surface area contributed by atoms with Crippen molar-refractivity contribution in [3.63, 3.8) is 0 Å². The molecule has 1 aliphatic rings. The van der Waals surface area contributed by atoms with E-state index in [2.05, 4.69) is 19.2 Å². The SMILES string of the molecule is CC(C)CCCCCCNC1CCCCCC1O. The standard InChI is InChI=1S/C16H33NO/c1-14(2)10-6-3-4-9-13-17-15-11-7-5-8-12-16(15)18/h14-18H,3-13H2,1-2H3. The molecular weight excluding hydrogens is 222 g/mol. The quantitative estimate of drug-likeness (QED) is 0.509. The van der Waals surface area contributed by atoms with Gasteiger partial charge in [0, 0.05) is 6.04 Å². The van der Waals surface area contributed by atoms with E-state index in [-0.39, 0.29) is 6.10 Å². The molecule has 0 saturated heterocycles. The van der Waals surface area contributed by atoms with Crippen LogP contribution in [0.1, 0.15) is 78.1 Å². The first-order chi connectivity index (χ1) is 8.70. The first-order valence-electron chi connectivity index (χ1n) is 8.11. The molecule has 1 aliphatic carbocycles. The smallest absolute Gasteiger partial charge is 0.0693 e. The minimum atomic E-state index is -0.103. The van der Waals surface area contributed by atoms with E-state index in [1.54, 1.807) is 0 Å². The van der Waals surface area contributed by atoms with Gasteiger partial charge in [-0.3, -0.25) is 0 Å². The Kier molecular flexibility index (Phi) is 8.70. The molecule has 18 heavy (non-hydrogen) atoms. The fourth-order valence-electron chi connectivity index (χ4n) is 2.84. The molecule has 1 rings (SSSR count). The second kappa shape index (κ2) is 9.80. The highest BCUT2D eigenvalue weighted by Crippen LogP contribution is 2.18. The van der Waals surface area contributed by atoms with Gasteiger partial charge in [0.2, 0.25) is 0 Å². The summed E-state index contributed by atoms with van der Waals surface area (Å²) in [5.74, 6) is 0.851. The Balaban J connectivity index is 1.96. The molecular formula is C16H33NO. The summed E-state index contributed by atoms with van der Waals surface area (Å²) in [6, 6.07) is 0.364. The Morgan fingerprint density at radius 2 is 1.72 bits per heavy atom. The predicted molar refractivity (Wildman–Crippen MR) is 78.8 cm³/mol. The topological polar surface area (TPSA) is 32.3 Å². The number of hydrogen-bond donors (Lipinski definition) is 2. The van der Waals surface area contributed by atoms with E-state index >= 15 is 0 Å². The van der Waals surface area contributed by atoms with Crippen LogP contribution in [0.25, 0.3) is 0 Å². The molecule has 1 saturated carbocycles. The average molecular weight is 255 g/mol. The molecule has 2 atom stereocenters. The number of rotatable bonds is 8. The van der Waals surface area contributed by atoms with Crippen molar-refractivity contribution in [2.75, 3.05) is 6.54 Å². The van der Waals surface area contributed by atoms with E-state index in [1.807, 2.05) is 0 Å². The normalized spacial score (nSPS) is 25.3. The van der Waals surface area contributed by atoms with Crippen molar-refractivity contribution in [2.24, 2.45) is 5.92 Å². The number of unbranched alkanes of at least 4 members (excludes halogenated alkanes) is 3. The molecule has 2 nitrogen and oxygen atoms in total. The second-order valence-electron chi connectivity index (χ2n) is 6.36. The minimum absolute atomic E-state index is 0.103. The number of aliphatic hydroxyl groups is 1. The van der Waals surface area contributed by atoms with Gasteiger partial charge in [0.25, 0.3) is 0 Å². The zero-order chi connectivity index (χ0) is 13.2. The zero-order valence-electron chi connectivity index (χ0n) is 12.5. The Hall–Kier alpha value is -0.0800. The molecule has 108 valence electrons. The lowest BCUT2D eigenvalue weighted by atomic mass is 10.0. The van der Waals surface area contributed by atoms with Crippen molar-refractivity contribution in [3.05, 3.63) is 0 Å². The van der Waals surface area contributed by atoms with Crippen LogP contribution in [0, 0.1) is 5.92 Å². The summed E-state index contributed by atoms with van der Waals surface area (Å²) < 4.78 is 0. The number of aliphatic hydroxyl groups excluding tert-OH is 1. The summed E-state index contributed by atoms with van der Waals surface area (Å²) >= 11 is 0. The van der Waals surface area contributed by atoms with Crippen molar-refractivity contribution >= 4 is 0 Å². The highest BCUT2D eigenvalue weighted by molar-refractivity contribution is 4.78. The highest BCUT2D eigenvalue weighted by atomic mass is 16.3. The Morgan fingerprint density at radius 1 is 1.00 bits per heavy atom. The second-order valence-corrected chi connectivity index (χ2v) is 6.36. The maximum atomic E-state index is 9.99. The molecule has 0 amide bonds. The highest BCUT2D eigenvalue weighted by Gasteiger charge is 2.20. The summed E-state index contributed by atoms with van der Waals surface area (Å²) in [5, 5.41) is 13.5. The Labute approximate surface area is 114 Å². The lowest BCUT2D eigenvalue weighted by Gasteiger charge is -2.21. The Morgan fingerprint density at radius 3 is 2.50 bits per heavy atom. The van der Waals surface area contributed by atoms with Crippen LogP contribution in [0.2, 0.25) is 0 Å². The Bertz CT molecular complexity index is 194. The fraction of sp³-hybridized carbons (Fsp3) is 1.00. The van der Waals surface area contributed by atoms with Gasteiger partial charge in [-0.1, -0.05) is 58.8 Å². The van der Waals surface area contributed by atoms with Crippen LogP contribution in [-0.4, -0.2) is 23.8 Å². The molecule has 0 aromatic heterocycles. The summed E-state index contributed by atoms with van der Waals surface area (Å²) in [6.07, 6.45) is 12.5. The van der Waals surface area contributed by atoms with Gasteiger partial charge in [0.15, 0.2) is 0 Å². The molecule has 2 heteroatoms. The van der Waals surface area contributed by atoms with E-state index in [9.17, 15) is 5.11 Å². The third-order valence-electron chi connectivity index (χ3n) is 4.09. The van der Waals surface area contributed by atoms with Crippen molar-refractivity contribution < 1.29 is 5.11 Å². The fourth-order valence-corrected chi connectivity index (χ4v) is 2.84. The molecule has 2 unspecified atom stereocenters. The molecule has 1 fully saturated rings.